The number of amides is 2. The normalized spacial score (nSPS) is 21.2. The van der Waals surface area contributed by atoms with Crippen LogP contribution >= 0.6 is 0 Å². The second-order valence-corrected chi connectivity index (χ2v) is 7.61. The van der Waals surface area contributed by atoms with Gasteiger partial charge in [0.05, 0.1) is 0 Å². The molecule has 1 aromatic heterocycles. The van der Waals surface area contributed by atoms with E-state index in [4.69, 9.17) is 0 Å². The van der Waals surface area contributed by atoms with Crippen molar-refractivity contribution in [1.82, 2.24) is 20.1 Å². The molecule has 0 unspecified atom stereocenters. The van der Waals surface area contributed by atoms with Crippen LogP contribution in [-0.2, 0) is 0 Å². The molecule has 0 radical (unpaired) electrons. The van der Waals surface area contributed by atoms with Crippen molar-refractivity contribution in [2.75, 3.05) is 38.5 Å². The molecular weight excluding hydrogens is 314 g/mol. The Balaban J connectivity index is 1.43. The van der Waals surface area contributed by atoms with Gasteiger partial charge in [-0.15, -0.1) is 0 Å². The molecule has 2 aliphatic rings. The number of rotatable bonds is 3. The molecular formula is C19H31N5O. The molecule has 0 aliphatic carbocycles. The highest BCUT2D eigenvalue weighted by atomic mass is 16.2. The third-order valence-electron chi connectivity index (χ3n) is 5.41. The second-order valence-electron chi connectivity index (χ2n) is 7.61. The van der Waals surface area contributed by atoms with Crippen LogP contribution in [0.5, 0.6) is 0 Å². The number of piperidine rings is 2. The number of hydrogen-bond acceptors (Lipinski definition) is 4. The topological polar surface area (TPSA) is 60.5 Å². The lowest BCUT2D eigenvalue weighted by Gasteiger charge is -2.41. The van der Waals surface area contributed by atoms with E-state index >= 15 is 0 Å². The van der Waals surface area contributed by atoms with Gasteiger partial charge in [0.15, 0.2) is 0 Å². The van der Waals surface area contributed by atoms with Crippen LogP contribution < -0.4 is 10.6 Å². The third kappa shape index (κ3) is 5.16. The summed E-state index contributed by atoms with van der Waals surface area (Å²) >= 11 is 0. The van der Waals surface area contributed by atoms with Gasteiger partial charge in [0, 0.05) is 30.9 Å². The number of nitrogens with one attached hydrogen (secondary N) is 2. The Kier molecular flexibility index (Phi) is 5.91. The van der Waals surface area contributed by atoms with Crippen LogP contribution in [0, 0.1) is 13.8 Å². The monoisotopic (exact) mass is 345 g/mol. The van der Waals surface area contributed by atoms with E-state index in [1.165, 1.54) is 25.9 Å². The number of nitrogens with zero attached hydrogens (tertiary/aromatic N) is 3. The number of likely N-dealkylation sites (tertiary alicyclic amines) is 2. The minimum Gasteiger partial charge on any atom is -0.335 e. The fourth-order valence-corrected chi connectivity index (χ4v) is 4.01. The highest BCUT2D eigenvalue weighted by Gasteiger charge is 2.27. The summed E-state index contributed by atoms with van der Waals surface area (Å²) in [4.78, 5) is 21.6. The Hall–Kier alpha value is -1.66. The van der Waals surface area contributed by atoms with Crippen LogP contribution in [0.1, 0.15) is 36.9 Å². The number of pyridine rings is 1. The van der Waals surface area contributed by atoms with E-state index in [0.717, 1.165) is 43.2 Å². The quantitative estimate of drug-likeness (QED) is 0.883. The number of carbonyl (C=O) groups is 1. The largest absolute Gasteiger partial charge is 0.335 e. The first-order chi connectivity index (χ1) is 12.0. The van der Waals surface area contributed by atoms with Gasteiger partial charge in [-0.1, -0.05) is 0 Å². The highest BCUT2D eigenvalue weighted by molar-refractivity contribution is 5.88. The fourth-order valence-electron chi connectivity index (χ4n) is 4.01. The molecule has 2 saturated heterocycles. The van der Waals surface area contributed by atoms with Crippen LogP contribution in [0.2, 0.25) is 0 Å². The van der Waals surface area contributed by atoms with Gasteiger partial charge in [-0.2, -0.15) is 0 Å². The van der Waals surface area contributed by atoms with E-state index in [1.807, 2.05) is 26.0 Å². The van der Waals surface area contributed by atoms with Gasteiger partial charge in [0.1, 0.15) is 5.82 Å². The minimum absolute atomic E-state index is 0.143. The molecule has 138 valence electrons. The molecule has 2 amide bonds. The summed E-state index contributed by atoms with van der Waals surface area (Å²) in [6.45, 7) is 8.52. The summed E-state index contributed by atoms with van der Waals surface area (Å²) in [6.07, 6.45) is 4.60. The average Bonchev–Trinajstić information content (AvgIpc) is 2.55. The molecule has 2 fully saturated rings. The number of urea groups is 1. The summed E-state index contributed by atoms with van der Waals surface area (Å²) in [7, 11) is 2.20. The summed E-state index contributed by atoms with van der Waals surface area (Å²) in [5.41, 5.74) is 2.02. The van der Waals surface area contributed by atoms with Gasteiger partial charge in [-0.3, -0.25) is 5.32 Å². The van der Waals surface area contributed by atoms with E-state index in [2.05, 4.69) is 32.5 Å². The molecule has 6 heteroatoms. The predicted molar refractivity (Wildman–Crippen MR) is 101 cm³/mol. The Morgan fingerprint density at radius 1 is 1.08 bits per heavy atom. The maximum absolute atomic E-state index is 12.2. The predicted octanol–water partition coefficient (Wildman–Crippen LogP) is 2.38. The Bertz CT molecular complexity index is 569. The third-order valence-corrected chi connectivity index (χ3v) is 5.41. The standard InChI is InChI=1S/C19H31N5O/c1-14-12-15(2)20-18(13-14)22-19(25)21-16-4-10-24(11-5-16)17-6-8-23(3)9-7-17/h12-13,16-17H,4-11H2,1-3H3,(H2,20,21,22,25). The molecule has 6 nitrogen and oxygen atoms in total. The lowest BCUT2D eigenvalue weighted by Crippen LogP contribution is -2.51. The fraction of sp³-hybridized carbons (Fsp3) is 0.684. The molecule has 0 spiro atoms. The Morgan fingerprint density at radius 2 is 1.76 bits per heavy atom. The van der Waals surface area contributed by atoms with Gasteiger partial charge >= 0.3 is 6.03 Å². The summed E-state index contributed by atoms with van der Waals surface area (Å²) in [6, 6.07) is 4.74. The number of hydrogen-bond donors (Lipinski definition) is 2. The van der Waals surface area contributed by atoms with Crippen LogP contribution in [-0.4, -0.2) is 66.1 Å². The van der Waals surface area contributed by atoms with Crippen LogP contribution in [0.25, 0.3) is 0 Å². The second kappa shape index (κ2) is 8.15. The number of anilines is 1. The molecule has 0 atom stereocenters. The van der Waals surface area contributed by atoms with Crippen LogP contribution in [0.15, 0.2) is 12.1 Å². The lowest BCUT2D eigenvalue weighted by atomic mass is 9.98. The van der Waals surface area contributed by atoms with Crippen molar-refractivity contribution in [1.29, 1.82) is 0 Å². The van der Waals surface area contributed by atoms with E-state index in [-0.39, 0.29) is 12.1 Å². The van der Waals surface area contributed by atoms with Crippen molar-refractivity contribution in [3.05, 3.63) is 23.4 Å². The average molecular weight is 345 g/mol. The van der Waals surface area contributed by atoms with E-state index < -0.39 is 0 Å². The highest BCUT2D eigenvalue weighted by Crippen LogP contribution is 2.20. The maximum atomic E-state index is 12.2. The van der Waals surface area contributed by atoms with Crippen LogP contribution in [0.3, 0.4) is 0 Å². The van der Waals surface area contributed by atoms with E-state index in [0.29, 0.717) is 5.82 Å². The summed E-state index contributed by atoms with van der Waals surface area (Å²) < 4.78 is 0. The Morgan fingerprint density at radius 3 is 2.40 bits per heavy atom. The molecule has 3 rings (SSSR count). The first kappa shape index (κ1) is 18.1. The molecule has 25 heavy (non-hydrogen) atoms. The lowest BCUT2D eigenvalue weighted by molar-refractivity contribution is 0.0938. The smallest absolute Gasteiger partial charge is 0.320 e. The number of aromatic nitrogens is 1. The number of carbonyl (C=O) groups excluding carboxylic acids is 1. The van der Waals surface area contributed by atoms with Crippen molar-refractivity contribution in [2.45, 2.75) is 51.6 Å². The van der Waals surface area contributed by atoms with Gasteiger partial charge in [0.25, 0.3) is 0 Å². The molecule has 0 saturated carbocycles. The van der Waals surface area contributed by atoms with Crippen molar-refractivity contribution >= 4 is 11.8 Å². The van der Waals surface area contributed by atoms with Crippen molar-refractivity contribution < 1.29 is 4.79 Å². The first-order valence-electron chi connectivity index (χ1n) is 9.45. The molecule has 0 aromatic carbocycles. The maximum Gasteiger partial charge on any atom is 0.320 e. The van der Waals surface area contributed by atoms with Gasteiger partial charge in [0.2, 0.25) is 0 Å². The van der Waals surface area contributed by atoms with Gasteiger partial charge < -0.3 is 15.1 Å². The van der Waals surface area contributed by atoms with Crippen molar-refractivity contribution in [3.63, 3.8) is 0 Å². The zero-order valence-electron chi connectivity index (χ0n) is 15.7. The SMILES string of the molecule is Cc1cc(C)nc(NC(=O)NC2CCN(C3CCN(C)CC3)CC2)c1. The summed E-state index contributed by atoms with van der Waals surface area (Å²) in [5.74, 6) is 0.624. The zero-order valence-corrected chi connectivity index (χ0v) is 15.7. The van der Waals surface area contributed by atoms with Crippen molar-refractivity contribution in [3.8, 4) is 0 Å². The first-order valence-corrected chi connectivity index (χ1v) is 9.45. The molecule has 3 heterocycles. The molecule has 2 aliphatic heterocycles. The van der Waals surface area contributed by atoms with Gasteiger partial charge in [-0.25, -0.2) is 9.78 Å². The molecule has 2 N–H and O–H groups in total. The van der Waals surface area contributed by atoms with Crippen molar-refractivity contribution in [2.24, 2.45) is 0 Å². The Labute approximate surface area is 151 Å². The number of aryl methyl sites for hydroxylation is 2. The zero-order chi connectivity index (χ0) is 17.8. The molecule has 0 bridgehead atoms. The van der Waals surface area contributed by atoms with Gasteiger partial charge in [-0.05, 0) is 77.4 Å². The van der Waals surface area contributed by atoms with E-state index in [9.17, 15) is 4.79 Å². The summed E-state index contributed by atoms with van der Waals surface area (Å²) in [5, 5.41) is 5.98. The van der Waals surface area contributed by atoms with Crippen LogP contribution in [0.4, 0.5) is 10.6 Å². The van der Waals surface area contributed by atoms with E-state index in [1.54, 1.807) is 0 Å². The molecule has 1 aromatic rings. The minimum atomic E-state index is -0.143.